The molecule has 0 aliphatic rings. The highest BCUT2D eigenvalue weighted by Crippen LogP contribution is 2.22. The van der Waals surface area contributed by atoms with Gasteiger partial charge in [-0.25, -0.2) is 9.97 Å². The van der Waals surface area contributed by atoms with Gasteiger partial charge < -0.3 is 15.4 Å². The van der Waals surface area contributed by atoms with Crippen LogP contribution in [0.15, 0.2) is 48.5 Å². The molecule has 7 heteroatoms. The molecule has 0 saturated heterocycles. The molecular formula is C21H21ClN4O2. The lowest BCUT2D eigenvalue weighted by molar-refractivity contribution is 0.102. The summed E-state index contributed by atoms with van der Waals surface area (Å²) in [5.41, 5.74) is 3.40. The minimum absolute atomic E-state index is 0.274. The van der Waals surface area contributed by atoms with Gasteiger partial charge in [0.1, 0.15) is 11.4 Å². The van der Waals surface area contributed by atoms with E-state index < -0.39 is 0 Å². The van der Waals surface area contributed by atoms with E-state index in [1.54, 1.807) is 36.4 Å². The first kappa shape index (κ1) is 19.6. The second-order valence-corrected chi connectivity index (χ2v) is 6.65. The lowest BCUT2D eigenvalue weighted by atomic mass is 10.2. The van der Waals surface area contributed by atoms with Gasteiger partial charge in [-0.2, -0.15) is 0 Å². The number of hydrogen-bond acceptors (Lipinski definition) is 5. The number of benzene rings is 2. The molecule has 0 aliphatic carbocycles. The van der Waals surface area contributed by atoms with E-state index in [0.717, 1.165) is 17.0 Å². The number of hydrogen-bond donors (Lipinski definition) is 2. The summed E-state index contributed by atoms with van der Waals surface area (Å²) in [5.74, 6) is 0.788. The van der Waals surface area contributed by atoms with E-state index in [1.807, 2.05) is 32.9 Å². The van der Waals surface area contributed by atoms with Crippen molar-refractivity contribution in [3.05, 3.63) is 70.5 Å². The van der Waals surface area contributed by atoms with Crippen molar-refractivity contribution in [3.63, 3.8) is 0 Å². The minimum Gasteiger partial charge on any atom is -0.494 e. The maximum Gasteiger partial charge on any atom is 0.274 e. The molecule has 3 aromatic rings. The van der Waals surface area contributed by atoms with Gasteiger partial charge in [-0.15, -0.1) is 0 Å². The molecule has 0 saturated carbocycles. The summed E-state index contributed by atoms with van der Waals surface area (Å²) in [4.78, 5) is 21.3. The molecule has 0 atom stereocenters. The third kappa shape index (κ3) is 4.98. The van der Waals surface area contributed by atoms with E-state index in [0.29, 0.717) is 29.0 Å². The third-order valence-corrected chi connectivity index (χ3v) is 4.18. The molecular weight excluding hydrogens is 376 g/mol. The molecule has 0 spiro atoms. The van der Waals surface area contributed by atoms with E-state index in [9.17, 15) is 4.79 Å². The molecule has 28 heavy (non-hydrogen) atoms. The first-order valence-corrected chi connectivity index (χ1v) is 9.25. The Balaban J connectivity index is 1.77. The number of ether oxygens (including phenoxy) is 1. The number of aromatic nitrogens is 2. The zero-order valence-electron chi connectivity index (χ0n) is 15.9. The molecule has 6 nitrogen and oxygen atoms in total. The molecule has 0 radical (unpaired) electrons. The average Bonchev–Trinajstić information content (AvgIpc) is 2.65. The van der Waals surface area contributed by atoms with Crippen molar-refractivity contribution < 1.29 is 9.53 Å². The predicted molar refractivity (Wildman–Crippen MR) is 112 cm³/mol. The van der Waals surface area contributed by atoms with Crippen LogP contribution in [0, 0.1) is 13.8 Å². The normalized spacial score (nSPS) is 10.4. The molecule has 1 heterocycles. The Bertz CT molecular complexity index is 990. The molecule has 0 unspecified atom stereocenters. The van der Waals surface area contributed by atoms with Gasteiger partial charge in [0.2, 0.25) is 5.95 Å². The molecule has 2 N–H and O–H groups in total. The Morgan fingerprint density at radius 1 is 1.07 bits per heavy atom. The monoisotopic (exact) mass is 396 g/mol. The number of nitrogens with one attached hydrogen (secondary N) is 2. The molecule has 3 rings (SSSR count). The second kappa shape index (κ2) is 8.71. The van der Waals surface area contributed by atoms with Crippen LogP contribution in [0.25, 0.3) is 0 Å². The number of nitrogens with zero attached hydrogens (tertiary/aromatic N) is 2. The fourth-order valence-corrected chi connectivity index (χ4v) is 2.85. The van der Waals surface area contributed by atoms with Crippen molar-refractivity contribution in [1.29, 1.82) is 0 Å². The Morgan fingerprint density at radius 3 is 2.50 bits per heavy atom. The summed E-state index contributed by atoms with van der Waals surface area (Å²) in [6.45, 7) is 6.26. The number of anilines is 3. The first-order valence-electron chi connectivity index (χ1n) is 8.87. The van der Waals surface area contributed by atoms with Gasteiger partial charge in [-0.1, -0.05) is 11.6 Å². The van der Waals surface area contributed by atoms with Crippen LogP contribution in [0.1, 0.15) is 28.7 Å². The fourth-order valence-electron chi connectivity index (χ4n) is 2.62. The fraction of sp³-hybridized carbons (Fsp3) is 0.190. The highest BCUT2D eigenvalue weighted by atomic mass is 35.5. The quantitative estimate of drug-likeness (QED) is 0.603. The molecule has 144 valence electrons. The highest BCUT2D eigenvalue weighted by molar-refractivity contribution is 6.30. The van der Waals surface area contributed by atoms with Crippen molar-refractivity contribution in [1.82, 2.24) is 9.97 Å². The van der Waals surface area contributed by atoms with Crippen molar-refractivity contribution >= 4 is 34.8 Å². The molecule has 0 bridgehead atoms. The largest absolute Gasteiger partial charge is 0.494 e. The van der Waals surface area contributed by atoms with Crippen LogP contribution < -0.4 is 15.4 Å². The number of amides is 1. The Morgan fingerprint density at radius 2 is 1.82 bits per heavy atom. The smallest absolute Gasteiger partial charge is 0.274 e. The summed E-state index contributed by atoms with van der Waals surface area (Å²) in [6, 6.07) is 14.3. The lowest BCUT2D eigenvalue weighted by Crippen LogP contribution is -2.15. The third-order valence-electron chi connectivity index (χ3n) is 3.94. The SMILES string of the molecule is CCOc1ccc(NC(=O)c2cc(C)nc(Nc3ccc(Cl)cc3C)n2)cc1. The molecule has 1 aromatic heterocycles. The predicted octanol–water partition coefficient (Wildman–Crippen LogP) is 5.14. The van der Waals surface area contributed by atoms with Crippen LogP contribution in [0.5, 0.6) is 5.75 Å². The van der Waals surface area contributed by atoms with E-state index >= 15 is 0 Å². The van der Waals surface area contributed by atoms with E-state index in [4.69, 9.17) is 16.3 Å². The van der Waals surface area contributed by atoms with Gasteiger partial charge in [0.05, 0.1) is 6.61 Å². The zero-order chi connectivity index (χ0) is 20.1. The van der Waals surface area contributed by atoms with Crippen molar-refractivity contribution in [2.45, 2.75) is 20.8 Å². The summed E-state index contributed by atoms with van der Waals surface area (Å²) in [5, 5.41) is 6.63. The van der Waals surface area contributed by atoms with Crippen molar-refractivity contribution in [2.75, 3.05) is 17.2 Å². The average molecular weight is 397 g/mol. The van der Waals surface area contributed by atoms with Crippen LogP contribution in [-0.4, -0.2) is 22.5 Å². The van der Waals surface area contributed by atoms with Crippen LogP contribution in [0.3, 0.4) is 0 Å². The number of rotatable bonds is 6. The van der Waals surface area contributed by atoms with Crippen LogP contribution in [0.4, 0.5) is 17.3 Å². The summed E-state index contributed by atoms with van der Waals surface area (Å²) in [6.07, 6.45) is 0. The van der Waals surface area contributed by atoms with E-state index in [2.05, 4.69) is 20.6 Å². The summed E-state index contributed by atoms with van der Waals surface area (Å²) < 4.78 is 5.41. The van der Waals surface area contributed by atoms with Crippen LogP contribution in [0.2, 0.25) is 5.02 Å². The number of aryl methyl sites for hydroxylation is 2. The molecule has 1 amide bonds. The number of carbonyl (C=O) groups is 1. The van der Waals surface area contributed by atoms with Crippen LogP contribution in [-0.2, 0) is 0 Å². The zero-order valence-corrected chi connectivity index (χ0v) is 16.7. The van der Waals surface area contributed by atoms with E-state index in [-0.39, 0.29) is 11.6 Å². The lowest BCUT2D eigenvalue weighted by Gasteiger charge is -2.11. The first-order chi connectivity index (χ1) is 13.4. The Labute approximate surface area is 168 Å². The summed E-state index contributed by atoms with van der Waals surface area (Å²) >= 11 is 6.00. The number of carbonyl (C=O) groups excluding carboxylic acids is 1. The number of halogens is 1. The minimum atomic E-state index is -0.314. The maximum absolute atomic E-state index is 12.6. The Hall–Kier alpha value is -3.12. The Kier molecular flexibility index (Phi) is 6.11. The van der Waals surface area contributed by atoms with Gasteiger partial charge in [-0.3, -0.25) is 4.79 Å². The maximum atomic E-state index is 12.6. The molecule has 0 aliphatic heterocycles. The van der Waals surface area contributed by atoms with Crippen LogP contribution >= 0.6 is 11.6 Å². The van der Waals surface area contributed by atoms with Gasteiger partial charge in [0, 0.05) is 22.1 Å². The molecule has 2 aromatic carbocycles. The van der Waals surface area contributed by atoms with Crippen molar-refractivity contribution in [3.8, 4) is 5.75 Å². The molecule has 0 fully saturated rings. The van der Waals surface area contributed by atoms with Gasteiger partial charge in [0.15, 0.2) is 0 Å². The van der Waals surface area contributed by atoms with Crippen molar-refractivity contribution in [2.24, 2.45) is 0 Å². The van der Waals surface area contributed by atoms with Gasteiger partial charge in [-0.05, 0) is 74.9 Å². The summed E-state index contributed by atoms with van der Waals surface area (Å²) in [7, 11) is 0. The van der Waals surface area contributed by atoms with Gasteiger partial charge in [0.25, 0.3) is 5.91 Å². The second-order valence-electron chi connectivity index (χ2n) is 6.21. The van der Waals surface area contributed by atoms with E-state index in [1.165, 1.54) is 0 Å². The standard InChI is InChI=1S/C21H21ClN4O2/c1-4-28-17-8-6-16(7-9-17)24-20(27)19-12-14(3)23-21(26-19)25-18-10-5-15(22)11-13(18)2/h5-12H,4H2,1-3H3,(H,24,27)(H,23,25,26). The topological polar surface area (TPSA) is 76.1 Å². The highest BCUT2D eigenvalue weighted by Gasteiger charge is 2.12. The van der Waals surface area contributed by atoms with Gasteiger partial charge >= 0.3 is 0 Å².